The van der Waals surface area contributed by atoms with Gasteiger partial charge in [0, 0.05) is 0 Å². The number of hydrogen-bond acceptors (Lipinski definition) is 5. The van der Waals surface area contributed by atoms with Crippen molar-refractivity contribution >= 4 is 21.9 Å². The number of ether oxygens (including phenoxy) is 1. The van der Waals surface area contributed by atoms with Crippen LogP contribution in [0, 0.1) is 11.3 Å². The highest BCUT2D eigenvalue weighted by Crippen LogP contribution is 2.57. The molecule has 0 radical (unpaired) electrons. The van der Waals surface area contributed by atoms with Gasteiger partial charge in [-0.1, -0.05) is 18.2 Å². The minimum Gasteiger partial charge on any atom is -0.460 e. The number of amides is 1. The van der Waals surface area contributed by atoms with Gasteiger partial charge in [-0.3, -0.25) is 14.3 Å². The van der Waals surface area contributed by atoms with Crippen molar-refractivity contribution in [2.45, 2.75) is 63.7 Å². The number of carbonyl (C=O) groups excluding carboxylic acids is 2. The summed E-state index contributed by atoms with van der Waals surface area (Å²) >= 11 is 0. The van der Waals surface area contributed by atoms with E-state index in [2.05, 4.69) is 17.9 Å². The Kier molecular flexibility index (Phi) is 4.70. The number of hydrogen-bond donors (Lipinski definition) is 1. The van der Waals surface area contributed by atoms with E-state index in [0.29, 0.717) is 24.8 Å². The monoisotopic (exact) mass is 369 g/mol. The molecule has 0 spiro atoms. The van der Waals surface area contributed by atoms with Crippen LogP contribution in [0.5, 0.6) is 0 Å². The Balaban J connectivity index is 2.16. The van der Waals surface area contributed by atoms with Crippen LogP contribution in [0.4, 0.5) is 0 Å². The van der Waals surface area contributed by atoms with Crippen LogP contribution in [0.25, 0.3) is 0 Å². The van der Waals surface area contributed by atoms with Gasteiger partial charge in [0.2, 0.25) is 15.9 Å². The van der Waals surface area contributed by atoms with Gasteiger partial charge in [-0.05, 0) is 52.9 Å². The third kappa shape index (κ3) is 3.66. The summed E-state index contributed by atoms with van der Waals surface area (Å²) in [4.78, 5) is 24.9. The Labute approximate surface area is 149 Å². The van der Waals surface area contributed by atoms with Crippen molar-refractivity contribution in [3.05, 3.63) is 24.8 Å². The van der Waals surface area contributed by atoms with E-state index in [1.807, 2.05) is 0 Å². The highest BCUT2D eigenvalue weighted by atomic mass is 32.2. The molecule has 2 aliphatic carbocycles. The molecule has 1 amide bonds. The molecule has 6 nitrogen and oxygen atoms in total. The van der Waals surface area contributed by atoms with Gasteiger partial charge in [0.15, 0.2) is 0 Å². The fourth-order valence-electron chi connectivity index (χ4n) is 3.18. The Morgan fingerprint density at radius 1 is 1.32 bits per heavy atom. The van der Waals surface area contributed by atoms with Crippen molar-refractivity contribution in [2.75, 3.05) is 0 Å². The van der Waals surface area contributed by atoms with Crippen molar-refractivity contribution in [3.8, 4) is 0 Å². The maximum Gasteiger partial charge on any atom is 0.307 e. The molecule has 140 valence electrons. The second kappa shape index (κ2) is 5.97. The van der Waals surface area contributed by atoms with Crippen LogP contribution in [0.2, 0.25) is 0 Å². The largest absolute Gasteiger partial charge is 0.460 e. The van der Waals surface area contributed by atoms with E-state index in [0.717, 1.165) is 0 Å². The summed E-state index contributed by atoms with van der Waals surface area (Å²) in [5.74, 6) is -1.42. The van der Waals surface area contributed by atoms with Crippen LogP contribution >= 0.6 is 0 Å². The summed E-state index contributed by atoms with van der Waals surface area (Å²) in [6.07, 6.45) is 2.71. The van der Waals surface area contributed by atoms with Crippen molar-refractivity contribution in [1.82, 2.24) is 4.72 Å². The molecule has 7 heteroatoms. The fraction of sp³-hybridized carbons (Fsp3) is 0.667. The minimum absolute atomic E-state index is 0.164. The average molecular weight is 369 g/mol. The fourth-order valence-corrected chi connectivity index (χ4v) is 4.92. The number of rotatable bonds is 7. The molecule has 25 heavy (non-hydrogen) atoms. The molecule has 0 aromatic carbocycles. The van der Waals surface area contributed by atoms with Crippen LogP contribution in [-0.2, 0) is 24.3 Å². The first-order chi connectivity index (χ1) is 11.3. The zero-order valence-electron chi connectivity index (χ0n) is 15.3. The maximum absolute atomic E-state index is 12.7. The highest BCUT2D eigenvalue weighted by Gasteiger charge is 2.63. The minimum atomic E-state index is -3.88. The van der Waals surface area contributed by atoms with Crippen LogP contribution in [0.1, 0.15) is 53.4 Å². The first-order valence-corrected chi connectivity index (χ1v) is 9.85. The third-order valence-corrected chi connectivity index (χ3v) is 7.21. The summed E-state index contributed by atoms with van der Waals surface area (Å²) in [6, 6.07) is 0. The van der Waals surface area contributed by atoms with Crippen LogP contribution in [0.15, 0.2) is 24.8 Å². The van der Waals surface area contributed by atoms with Gasteiger partial charge < -0.3 is 4.74 Å². The molecular weight excluding hydrogens is 342 g/mol. The Morgan fingerprint density at radius 2 is 1.88 bits per heavy atom. The number of nitrogens with one attached hydrogen (secondary N) is 1. The zero-order chi connectivity index (χ0) is 19.3. The van der Waals surface area contributed by atoms with Gasteiger partial charge in [-0.15, -0.1) is 6.58 Å². The summed E-state index contributed by atoms with van der Waals surface area (Å²) in [6.45, 7) is 14.3. The normalized spacial score (nSPS) is 27.1. The second-order valence-electron chi connectivity index (χ2n) is 8.17. The van der Waals surface area contributed by atoms with Crippen molar-refractivity contribution in [2.24, 2.45) is 11.3 Å². The van der Waals surface area contributed by atoms with Crippen LogP contribution in [-0.4, -0.2) is 30.6 Å². The molecule has 2 rings (SSSR count). The zero-order valence-corrected chi connectivity index (χ0v) is 16.2. The average Bonchev–Trinajstić information content (AvgIpc) is 3.30. The van der Waals surface area contributed by atoms with Crippen molar-refractivity contribution in [3.63, 3.8) is 0 Å². The second-order valence-corrected chi connectivity index (χ2v) is 10.2. The number of esters is 1. The molecule has 2 fully saturated rings. The number of allylic oxidation sites excluding steroid dienone is 1. The summed E-state index contributed by atoms with van der Waals surface area (Å²) in [5, 5.41) is 0. The summed E-state index contributed by atoms with van der Waals surface area (Å²) < 4.78 is 31.7. The lowest BCUT2D eigenvalue weighted by atomic mass is 9.98. The Hall–Kier alpha value is -1.63. The molecule has 0 aliphatic heterocycles. The molecule has 0 aromatic rings. The quantitative estimate of drug-likeness (QED) is 0.550. The molecule has 0 bridgehead atoms. The first kappa shape index (κ1) is 19.7. The van der Waals surface area contributed by atoms with E-state index in [4.69, 9.17) is 4.74 Å². The van der Waals surface area contributed by atoms with Gasteiger partial charge in [0.05, 0.1) is 11.8 Å². The standard InChI is InChI=1S/C18H27NO5S/c1-7-13-10-17(13,11-14(20)24-16(4,5)6)15(21)19-25(22,23)18(8-9-18)12(2)3/h7,13H,1-2,8-11H2,3-6H3,(H,19,21)/t13-,17-/m1/s1. The Bertz CT molecular complexity index is 727. The molecule has 1 N–H and O–H groups in total. The first-order valence-electron chi connectivity index (χ1n) is 8.37. The number of sulfonamides is 1. The SMILES string of the molecule is C=C[C@@H]1C[C@]1(CC(=O)OC(C)(C)C)C(=O)NS(=O)(=O)C1(C(=C)C)CC1. The van der Waals surface area contributed by atoms with Crippen molar-refractivity contribution < 1.29 is 22.7 Å². The lowest BCUT2D eigenvalue weighted by Crippen LogP contribution is -2.45. The van der Waals surface area contributed by atoms with E-state index in [9.17, 15) is 18.0 Å². The van der Waals surface area contributed by atoms with Crippen molar-refractivity contribution in [1.29, 1.82) is 0 Å². The number of carbonyl (C=O) groups is 2. The summed E-state index contributed by atoms with van der Waals surface area (Å²) in [7, 11) is -3.88. The molecule has 2 saturated carbocycles. The van der Waals surface area contributed by atoms with Crippen LogP contribution in [0.3, 0.4) is 0 Å². The van der Waals surface area contributed by atoms with Gasteiger partial charge in [0.1, 0.15) is 10.3 Å². The Morgan fingerprint density at radius 3 is 2.24 bits per heavy atom. The van der Waals surface area contributed by atoms with Gasteiger partial charge in [-0.25, -0.2) is 8.42 Å². The van der Waals surface area contributed by atoms with E-state index in [1.165, 1.54) is 0 Å². The molecule has 2 atom stereocenters. The van der Waals surface area contributed by atoms with E-state index in [-0.39, 0.29) is 12.3 Å². The highest BCUT2D eigenvalue weighted by molar-refractivity contribution is 7.92. The lowest BCUT2D eigenvalue weighted by molar-refractivity contribution is -0.158. The predicted octanol–water partition coefficient (Wildman–Crippen LogP) is 2.47. The molecule has 0 saturated heterocycles. The molecule has 0 heterocycles. The molecule has 2 aliphatic rings. The van der Waals surface area contributed by atoms with E-state index < -0.39 is 37.7 Å². The molecular formula is C18H27NO5S. The maximum atomic E-state index is 12.7. The summed E-state index contributed by atoms with van der Waals surface area (Å²) in [5.41, 5.74) is -1.25. The predicted molar refractivity (Wildman–Crippen MR) is 95.0 cm³/mol. The topological polar surface area (TPSA) is 89.5 Å². The molecule has 0 unspecified atom stereocenters. The van der Waals surface area contributed by atoms with Gasteiger partial charge >= 0.3 is 5.97 Å². The van der Waals surface area contributed by atoms with Gasteiger partial charge in [0.25, 0.3) is 0 Å². The third-order valence-electron chi connectivity index (χ3n) is 4.97. The van der Waals surface area contributed by atoms with Crippen LogP contribution < -0.4 is 4.72 Å². The van der Waals surface area contributed by atoms with Gasteiger partial charge in [-0.2, -0.15) is 0 Å². The van der Waals surface area contributed by atoms with E-state index >= 15 is 0 Å². The smallest absolute Gasteiger partial charge is 0.307 e. The van der Waals surface area contributed by atoms with E-state index in [1.54, 1.807) is 33.8 Å². The lowest BCUT2D eigenvalue weighted by Gasteiger charge is -2.23. The molecule has 0 aromatic heterocycles.